The second-order valence-electron chi connectivity index (χ2n) is 5.93. The Morgan fingerprint density at radius 3 is 2.39 bits per heavy atom. The van der Waals surface area contributed by atoms with Crippen molar-refractivity contribution in [1.82, 2.24) is 10.2 Å². The van der Waals surface area contributed by atoms with Crippen molar-refractivity contribution in [3.63, 3.8) is 0 Å². The summed E-state index contributed by atoms with van der Waals surface area (Å²) in [6.45, 7) is 9.39. The van der Waals surface area contributed by atoms with E-state index in [1.165, 1.54) is 20.0 Å². The third-order valence-electron chi connectivity index (χ3n) is 4.30. The molecule has 1 heterocycles. The molecule has 1 N–H and O–H groups in total. The lowest BCUT2D eigenvalue weighted by Crippen LogP contribution is -2.57. The van der Waals surface area contributed by atoms with E-state index in [1.54, 1.807) is 0 Å². The van der Waals surface area contributed by atoms with Crippen molar-refractivity contribution >= 4 is 5.97 Å². The highest BCUT2D eigenvalue weighted by atomic mass is 16.5. The van der Waals surface area contributed by atoms with Crippen LogP contribution in [0.2, 0.25) is 0 Å². The van der Waals surface area contributed by atoms with Gasteiger partial charge in [-0.2, -0.15) is 0 Å². The largest absolute Gasteiger partial charge is 0.468 e. The molecule has 0 aromatic heterocycles. The van der Waals surface area contributed by atoms with Crippen LogP contribution in [-0.2, 0) is 9.53 Å². The first-order valence-electron chi connectivity index (χ1n) is 6.92. The monoisotopic (exact) mass is 256 g/mol. The first-order valence-corrected chi connectivity index (χ1v) is 6.92. The summed E-state index contributed by atoms with van der Waals surface area (Å²) >= 11 is 0. The summed E-state index contributed by atoms with van der Waals surface area (Å²) in [6.07, 6.45) is 2.47. The zero-order valence-electron chi connectivity index (χ0n) is 12.5. The maximum atomic E-state index is 11.8. The van der Waals surface area contributed by atoms with Crippen LogP contribution in [0, 0.1) is 11.8 Å². The van der Waals surface area contributed by atoms with Crippen LogP contribution in [0.25, 0.3) is 0 Å². The van der Waals surface area contributed by atoms with Crippen molar-refractivity contribution in [2.24, 2.45) is 11.8 Å². The molecule has 0 saturated carbocycles. The van der Waals surface area contributed by atoms with Gasteiger partial charge < -0.3 is 15.0 Å². The van der Waals surface area contributed by atoms with Crippen molar-refractivity contribution in [1.29, 1.82) is 0 Å². The van der Waals surface area contributed by atoms with Crippen LogP contribution in [0.4, 0.5) is 0 Å². The Bertz CT molecular complexity index is 273. The van der Waals surface area contributed by atoms with E-state index in [9.17, 15) is 4.79 Å². The highest BCUT2D eigenvalue weighted by Gasteiger charge is 2.35. The normalized spacial score (nSPS) is 21.9. The average Bonchev–Trinajstić information content (AvgIpc) is 2.38. The summed E-state index contributed by atoms with van der Waals surface area (Å²) in [5.74, 6) is 1.42. The number of ether oxygens (including phenoxy) is 1. The molecule has 18 heavy (non-hydrogen) atoms. The predicted molar refractivity (Wildman–Crippen MR) is 73.5 cm³/mol. The second kappa shape index (κ2) is 6.53. The minimum atomic E-state index is -0.598. The van der Waals surface area contributed by atoms with Gasteiger partial charge in [-0.25, -0.2) is 0 Å². The van der Waals surface area contributed by atoms with E-state index < -0.39 is 5.54 Å². The van der Waals surface area contributed by atoms with E-state index in [4.69, 9.17) is 4.74 Å². The van der Waals surface area contributed by atoms with Crippen LogP contribution in [0.3, 0.4) is 0 Å². The summed E-state index contributed by atoms with van der Waals surface area (Å²) in [6, 6.07) is 0. The highest BCUT2D eigenvalue weighted by molar-refractivity contribution is 5.80. The molecule has 0 amide bonds. The van der Waals surface area contributed by atoms with Gasteiger partial charge >= 0.3 is 5.97 Å². The predicted octanol–water partition coefficient (Wildman–Crippen LogP) is 1.51. The quantitative estimate of drug-likeness (QED) is 0.757. The zero-order valence-corrected chi connectivity index (χ0v) is 12.5. The lowest BCUT2D eigenvalue weighted by atomic mass is 9.86. The zero-order chi connectivity index (χ0) is 13.8. The molecule has 1 aliphatic heterocycles. The summed E-state index contributed by atoms with van der Waals surface area (Å²) in [4.78, 5) is 14.2. The highest BCUT2D eigenvalue weighted by Crippen LogP contribution is 2.25. The second-order valence-corrected chi connectivity index (χ2v) is 5.93. The minimum absolute atomic E-state index is 0.184. The molecule has 0 radical (unpaired) electrons. The standard InChI is InChI=1S/C14H28N2O2/c1-11(2)12-6-8-16(9-7-12)10-14(3,15-4)13(17)18-5/h11-12,15H,6-10H2,1-5H3. The molecular weight excluding hydrogens is 228 g/mol. The number of esters is 1. The maximum Gasteiger partial charge on any atom is 0.327 e. The van der Waals surface area contributed by atoms with Crippen molar-refractivity contribution in [2.45, 2.75) is 39.2 Å². The Balaban J connectivity index is 2.51. The molecule has 4 heteroatoms. The Morgan fingerprint density at radius 2 is 2.00 bits per heavy atom. The third-order valence-corrected chi connectivity index (χ3v) is 4.30. The number of carbonyl (C=O) groups excluding carboxylic acids is 1. The van der Waals surface area contributed by atoms with Crippen LogP contribution < -0.4 is 5.32 Å². The summed E-state index contributed by atoms with van der Waals surface area (Å²) in [7, 11) is 3.26. The van der Waals surface area contributed by atoms with Gasteiger partial charge in [0.15, 0.2) is 0 Å². The van der Waals surface area contributed by atoms with Gasteiger partial charge in [-0.15, -0.1) is 0 Å². The first kappa shape index (κ1) is 15.4. The smallest absolute Gasteiger partial charge is 0.327 e. The van der Waals surface area contributed by atoms with Crippen LogP contribution in [0.5, 0.6) is 0 Å². The lowest BCUT2D eigenvalue weighted by molar-refractivity contribution is -0.148. The number of hydrogen-bond acceptors (Lipinski definition) is 4. The number of hydrogen-bond donors (Lipinski definition) is 1. The van der Waals surface area contributed by atoms with Crippen molar-refractivity contribution in [2.75, 3.05) is 33.8 Å². The van der Waals surface area contributed by atoms with Gasteiger partial charge in [0.05, 0.1) is 7.11 Å². The van der Waals surface area contributed by atoms with Crippen LogP contribution >= 0.6 is 0 Å². The maximum absolute atomic E-state index is 11.8. The fourth-order valence-electron chi connectivity index (χ4n) is 2.70. The number of piperidine rings is 1. The number of likely N-dealkylation sites (tertiary alicyclic amines) is 1. The van der Waals surface area contributed by atoms with Gasteiger partial charge in [0.2, 0.25) is 0 Å². The van der Waals surface area contributed by atoms with Crippen LogP contribution in [-0.4, -0.2) is 50.2 Å². The average molecular weight is 256 g/mol. The van der Waals surface area contributed by atoms with Gasteiger partial charge in [-0.1, -0.05) is 13.8 Å². The van der Waals surface area contributed by atoms with Crippen LogP contribution in [0.1, 0.15) is 33.6 Å². The molecule has 1 saturated heterocycles. The van der Waals surface area contributed by atoms with E-state index in [2.05, 4.69) is 24.1 Å². The van der Waals surface area contributed by atoms with Gasteiger partial charge in [-0.05, 0) is 51.7 Å². The first-order chi connectivity index (χ1) is 8.42. The molecule has 4 nitrogen and oxygen atoms in total. The molecular formula is C14H28N2O2. The van der Waals surface area contributed by atoms with Gasteiger partial charge in [0, 0.05) is 6.54 Å². The molecule has 106 valence electrons. The number of carbonyl (C=O) groups is 1. The molecule has 0 spiro atoms. The van der Waals surface area contributed by atoms with E-state index in [0.717, 1.165) is 31.5 Å². The summed E-state index contributed by atoms with van der Waals surface area (Å²) in [5, 5.41) is 3.09. The molecule has 0 bridgehead atoms. The third kappa shape index (κ3) is 3.69. The Kier molecular flexibility index (Phi) is 5.60. The van der Waals surface area contributed by atoms with Gasteiger partial charge in [-0.3, -0.25) is 4.79 Å². The summed E-state index contributed by atoms with van der Waals surface area (Å²) < 4.78 is 4.88. The fraction of sp³-hybridized carbons (Fsp3) is 0.929. The number of nitrogens with one attached hydrogen (secondary N) is 1. The molecule has 1 fully saturated rings. The number of nitrogens with zero attached hydrogens (tertiary/aromatic N) is 1. The summed E-state index contributed by atoms with van der Waals surface area (Å²) in [5.41, 5.74) is -0.598. The number of methoxy groups -OCH3 is 1. The van der Waals surface area contributed by atoms with E-state index in [0.29, 0.717) is 0 Å². The molecule has 1 aliphatic rings. The van der Waals surface area contributed by atoms with Gasteiger partial charge in [0.25, 0.3) is 0 Å². The van der Waals surface area contributed by atoms with Crippen LogP contribution in [0.15, 0.2) is 0 Å². The molecule has 0 aliphatic carbocycles. The van der Waals surface area contributed by atoms with Crippen molar-refractivity contribution in [3.8, 4) is 0 Å². The molecule has 0 aromatic carbocycles. The number of rotatable bonds is 5. The van der Waals surface area contributed by atoms with E-state index in [1.807, 2.05) is 14.0 Å². The Labute approximate surface area is 111 Å². The van der Waals surface area contributed by atoms with E-state index >= 15 is 0 Å². The SMILES string of the molecule is CNC(C)(CN1CCC(C(C)C)CC1)C(=O)OC. The Morgan fingerprint density at radius 1 is 1.44 bits per heavy atom. The fourth-order valence-corrected chi connectivity index (χ4v) is 2.70. The molecule has 0 aromatic rings. The number of likely N-dealkylation sites (N-methyl/N-ethyl adjacent to an activating group) is 1. The topological polar surface area (TPSA) is 41.6 Å². The molecule has 1 rings (SSSR count). The molecule has 1 atom stereocenters. The Hall–Kier alpha value is -0.610. The van der Waals surface area contributed by atoms with Gasteiger partial charge in [0.1, 0.15) is 5.54 Å². The minimum Gasteiger partial charge on any atom is -0.468 e. The lowest BCUT2D eigenvalue weighted by Gasteiger charge is -2.38. The van der Waals surface area contributed by atoms with Crippen molar-refractivity contribution < 1.29 is 9.53 Å². The van der Waals surface area contributed by atoms with E-state index in [-0.39, 0.29) is 5.97 Å². The van der Waals surface area contributed by atoms with Crippen molar-refractivity contribution in [3.05, 3.63) is 0 Å². The molecule has 1 unspecified atom stereocenters.